The van der Waals surface area contributed by atoms with Gasteiger partial charge < -0.3 is 5.11 Å². The number of halogens is 1. The minimum absolute atomic E-state index is 0.0838. The molecule has 19 heavy (non-hydrogen) atoms. The second-order valence-corrected chi connectivity index (χ2v) is 6.92. The first-order valence-electron chi connectivity index (χ1n) is 5.36. The van der Waals surface area contributed by atoms with Crippen LogP contribution >= 0.6 is 11.8 Å². The fraction of sp³-hybridized carbons (Fsp3) is 0.400. The van der Waals surface area contributed by atoms with Crippen LogP contribution in [0.25, 0.3) is 0 Å². The van der Waals surface area contributed by atoms with E-state index in [1.54, 1.807) is 0 Å². The zero-order chi connectivity index (χ0) is 14.0. The van der Waals surface area contributed by atoms with Gasteiger partial charge in [0, 0.05) is 24.2 Å². The lowest BCUT2D eigenvalue weighted by molar-refractivity contribution is -0.140. The van der Waals surface area contributed by atoms with E-state index in [0.717, 1.165) is 22.8 Å². The predicted molar refractivity (Wildman–Crippen MR) is 66.8 cm³/mol. The molecule has 6 nitrogen and oxygen atoms in total. The largest absolute Gasteiger partial charge is 0.480 e. The van der Waals surface area contributed by atoms with Crippen LogP contribution in [0.15, 0.2) is 23.4 Å². The normalized spacial score (nSPS) is 21.2. The summed E-state index contributed by atoms with van der Waals surface area (Å²) in [6, 6.07) is -0.296. The third-order valence-electron chi connectivity index (χ3n) is 2.65. The first-order valence-corrected chi connectivity index (χ1v) is 7.95. The van der Waals surface area contributed by atoms with Gasteiger partial charge in [0.05, 0.1) is 6.20 Å². The summed E-state index contributed by atoms with van der Waals surface area (Å²) in [4.78, 5) is 14.3. The quantitative estimate of drug-likeness (QED) is 0.870. The molecule has 0 saturated carbocycles. The van der Waals surface area contributed by atoms with Gasteiger partial charge in [0.15, 0.2) is 0 Å². The van der Waals surface area contributed by atoms with Crippen LogP contribution in [0.5, 0.6) is 0 Å². The summed E-state index contributed by atoms with van der Waals surface area (Å²) in [5.74, 6) is -1.30. The van der Waals surface area contributed by atoms with Gasteiger partial charge >= 0.3 is 5.97 Å². The van der Waals surface area contributed by atoms with Gasteiger partial charge in [-0.3, -0.25) is 9.78 Å². The van der Waals surface area contributed by atoms with Crippen molar-refractivity contribution in [1.82, 2.24) is 9.29 Å². The second kappa shape index (κ2) is 5.43. The number of hydrogen-bond acceptors (Lipinski definition) is 5. The summed E-state index contributed by atoms with van der Waals surface area (Å²) < 4.78 is 38.5. The third kappa shape index (κ3) is 2.88. The van der Waals surface area contributed by atoms with Crippen LogP contribution in [0.3, 0.4) is 0 Å². The minimum Gasteiger partial charge on any atom is -0.480 e. The molecule has 0 spiro atoms. The Morgan fingerprint density at radius 2 is 2.26 bits per heavy atom. The molecule has 1 fully saturated rings. The third-order valence-corrected chi connectivity index (χ3v) is 5.55. The van der Waals surface area contributed by atoms with Gasteiger partial charge in [0.25, 0.3) is 0 Å². The van der Waals surface area contributed by atoms with Gasteiger partial charge in [-0.05, 0) is 6.07 Å². The van der Waals surface area contributed by atoms with E-state index in [9.17, 15) is 17.6 Å². The van der Waals surface area contributed by atoms with Crippen molar-refractivity contribution in [3.05, 3.63) is 24.3 Å². The van der Waals surface area contributed by atoms with E-state index in [2.05, 4.69) is 4.98 Å². The number of rotatable bonds is 3. The molecule has 1 N–H and O–H groups in total. The van der Waals surface area contributed by atoms with Crippen molar-refractivity contribution >= 4 is 27.8 Å². The summed E-state index contributed by atoms with van der Waals surface area (Å²) in [7, 11) is -4.04. The zero-order valence-corrected chi connectivity index (χ0v) is 11.3. The molecule has 1 aromatic rings. The second-order valence-electron chi connectivity index (χ2n) is 3.88. The lowest BCUT2D eigenvalue weighted by Gasteiger charge is -2.31. The Morgan fingerprint density at radius 3 is 2.89 bits per heavy atom. The van der Waals surface area contributed by atoms with Gasteiger partial charge in [0.2, 0.25) is 10.0 Å². The van der Waals surface area contributed by atoms with Gasteiger partial charge in [-0.15, -0.1) is 0 Å². The van der Waals surface area contributed by atoms with Crippen LogP contribution in [0, 0.1) is 5.82 Å². The van der Waals surface area contributed by atoms with Crippen molar-refractivity contribution < 1.29 is 22.7 Å². The first kappa shape index (κ1) is 14.2. The molecule has 0 bridgehead atoms. The average Bonchev–Trinajstić information content (AvgIpc) is 2.38. The van der Waals surface area contributed by atoms with Crippen LogP contribution in [-0.2, 0) is 14.8 Å². The van der Waals surface area contributed by atoms with Crippen LogP contribution in [0.4, 0.5) is 4.39 Å². The lowest BCUT2D eigenvalue weighted by atomic mass is 10.3. The Balaban J connectivity index is 2.40. The molecule has 0 amide bonds. The molecule has 0 radical (unpaired) electrons. The van der Waals surface area contributed by atoms with Crippen molar-refractivity contribution in [3.63, 3.8) is 0 Å². The van der Waals surface area contributed by atoms with Crippen LogP contribution in [-0.4, -0.2) is 52.9 Å². The molecule has 0 aromatic carbocycles. The number of aromatic nitrogens is 1. The van der Waals surface area contributed by atoms with E-state index in [0.29, 0.717) is 5.75 Å². The number of pyridine rings is 1. The summed E-state index contributed by atoms with van der Waals surface area (Å²) in [5.41, 5.74) is 0. The number of hydrogen-bond donors (Lipinski definition) is 1. The van der Waals surface area contributed by atoms with Gasteiger partial charge in [-0.25, -0.2) is 12.8 Å². The standard InChI is InChI=1S/C10H11FN2O4S2/c11-7-3-8(5-12-4-7)19(16,17)13-1-2-18-6-9(13)10(14)15/h3-5,9H,1-2,6H2,(H,14,15). The highest BCUT2D eigenvalue weighted by Crippen LogP contribution is 2.24. The number of aliphatic carboxylic acids is 1. The van der Waals surface area contributed by atoms with E-state index < -0.39 is 27.9 Å². The van der Waals surface area contributed by atoms with E-state index in [-0.39, 0.29) is 17.2 Å². The fourth-order valence-electron chi connectivity index (χ4n) is 1.74. The summed E-state index contributed by atoms with van der Waals surface area (Å²) >= 11 is 1.37. The lowest BCUT2D eigenvalue weighted by Crippen LogP contribution is -2.50. The van der Waals surface area contributed by atoms with Gasteiger partial charge in [-0.2, -0.15) is 16.1 Å². The van der Waals surface area contributed by atoms with E-state index >= 15 is 0 Å². The maximum Gasteiger partial charge on any atom is 0.322 e. The molecule has 2 heterocycles. The Labute approximate surface area is 113 Å². The molecule has 0 aliphatic carbocycles. The summed E-state index contributed by atoms with van der Waals surface area (Å²) in [6.45, 7) is 0.0838. The number of sulfonamides is 1. The maximum atomic E-state index is 13.1. The monoisotopic (exact) mass is 306 g/mol. The van der Waals surface area contributed by atoms with E-state index in [1.165, 1.54) is 11.8 Å². The molecule has 9 heteroatoms. The topological polar surface area (TPSA) is 87.6 Å². The Hall–Kier alpha value is -1.19. The number of carboxylic acids is 1. The predicted octanol–water partition coefficient (Wildman–Crippen LogP) is 0.411. The van der Waals surface area contributed by atoms with Crippen molar-refractivity contribution in [1.29, 1.82) is 0 Å². The SMILES string of the molecule is O=C(O)C1CSCCN1S(=O)(=O)c1cncc(F)c1. The van der Waals surface area contributed by atoms with Gasteiger partial charge in [0.1, 0.15) is 16.8 Å². The van der Waals surface area contributed by atoms with Crippen molar-refractivity contribution in [2.45, 2.75) is 10.9 Å². The molecular formula is C10H11FN2O4S2. The highest BCUT2D eigenvalue weighted by atomic mass is 32.2. The molecule has 1 atom stereocenters. The first-order chi connectivity index (χ1) is 8.93. The maximum absolute atomic E-state index is 13.1. The summed E-state index contributed by atoms with van der Waals surface area (Å²) in [5, 5.41) is 9.06. The molecule has 1 aliphatic heterocycles. The van der Waals surface area contributed by atoms with Gasteiger partial charge in [-0.1, -0.05) is 0 Å². The van der Waals surface area contributed by atoms with Crippen molar-refractivity contribution in [3.8, 4) is 0 Å². The molecule has 1 aliphatic rings. The highest BCUT2D eigenvalue weighted by Gasteiger charge is 2.38. The van der Waals surface area contributed by atoms with E-state index in [1.807, 2.05) is 0 Å². The number of carbonyl (C=O) groups is 1. The smallest absolute Gasteiger partial charge is 0.322 e. The zero-order valence-electron chi connectivity index (χ0n) is 9.69. The average molecular weight is 306 g/mol. The number of nitrogens with zero attached hydrogens (tertiary/aromatic N) is 2. The minimum atomic E-state index is -4.04. The molecule has 1 unspecified atom stereocenters. The summed E-state index contributed by atoms with van der Waals surface area (Å²) in [6.07, 6.45) is 1.90. The fourth-order valence-corrected chi connectivity index (χ4v) is 4.55. The van der Waals surface area contributed by atoms with E-state index in [4.69, 9.17) is 5.11 Å². The Kier molecular flexibility index (Phi) is 4.07. The van der Waals surface area contributed by atoms with Crippen LogP contribution in [0.2, 0.25) is 0 Å². The van der Waals surface area contributed by atoms with Crippen LogP contribution < -0.4 is 0 Å². The molecule has 104 valence electrons. The number of carboxylic acid groups (broad SMARTS) is 1. The Bertz CT molecular complexity index is 593. The molecule has 2 rings (SSSR count). The van der Waals surface area contributed by atoms with Crippen molar-refractivity contribution in [2.24, 2.45) is 0 Å². The molecule has 1 saturated heterocycles. The Morgan fingerprint density at radius 1 is 1.53 bits per heavy atom. The molecule has 1 aromatic heterocycles. The number of thioether (sulfide) groups is 1. The molecular weight excluding hydrogens is 295 g/mol. The van der Waals surface area contributed by atoms with Crippen LogP contribution in [0.1, 0.15) is 0 Å². The highest BCUT2D eigenvalue weighted by molar-refractivity contribution is 7.99. The van der Waals surface area contributed by atoms with Crippen molar-refractivity contribution in [2.75, 3.05) is 18.1 Å².